The van der Waals surface area contributed by atoms with Gasteiger partial charge in [-0.3, -0.25) is 14.3 Å². The molecule has 0 saturated carbocycles. The van der Waals surface area contributed by atoms with E-state index in [1.54, 1.807) is 24.0 Å². The molecule has 0 radical (unpaired) electrons. The Morgan fingerprint density at radius 1 is 1.43 bits per heavy atom. The van der Waals surface area contributed by atoms with E-state index in [2.05, 4.69) is 15.6 Å². The molecule has 0 aliphatic carbocycles. The summed E-state index contributed by atoms with van der Waals surface area (Å²) in [7, 11) is 0. The first kappa shape index (κ1) is 17.3. The number of nitrogens with one attached hydrogen (secondary N) is 1. The van der Waals surface area contributed by atoms with Gasteiger partial charge in [-0.2, -0.15) is 5.10 Å². The Bertz CT molecular complexity index is 688. The van der Waals surface area contributed by atoms with Crippen molar-refractivity contribution in [3.05, 3.63) is 29.4 Å². The summed E-state index contributed by atoms with van der Waals surface area (Å²) in [5.74, 6) is 0.845. The van der Waals surface area contributed by atoms with Crippen LogP contribution in [0.1, 0.15) is 30.9 Å². The van der Waals surface area contributed by atoms with Crippen LogP contribution in [0, 0.1) is 19.8 Å². The minimum atomic E-state index is -0.255. The zero-order chi connectivity index (χ0) is 17.0. The predicted octanol–water partition coefficient (Wildman–Crippen LogP) is 2.39. The Labute approximate surface area is 138 Å². The quantitative estimate of drug-likeness (QED) is 0.871. The number of carbonyl (C=O) groups excluding carboxylic acids is 2. The van der Waals surface area contributed by atoms with Gasteiger partial charge < -0.3 is 9.84 Å². The second kappa shape index (κ2) is 7.45. The maximum Gasteiger partial charge on any atom is 0.228 e. The molecular formula is C15H20N4O3S. The predicted molar refractivity (Wildman–Crippen MR) is 88.2 cm³/mol. The largest absolute Gasteiger partial charge is 0.361 e. The van der Waals surface area contributed by atoms with E-state index in [-0.39, 0.29) is 16.9 Å². The fourth-order valence-corrected chi connectivity index (χ4v) is 2.62. The highest BCUT2D eigenvalue weighted by Gasteiger charge is 2.15. The Kier molecular flexibility index (Phi) is 5.59. The molecule has 1 N–H and O–H groups in total. The van der Waals surface area contributed by atoms with Gasteiger partial charge in [-0.1, -0.05) is 23.8 Å². The van der Waals surface area contributed by atoms with Crippen LogP contribution in [0.25, 0.3) is 0 Å². The maximum absolute atomic E-state index is 12.1. The minimum absolute atomic E-state index is 0.0110. The molecule has 7 nitrogen and oxygen atoms in total. The highest BCUT2D eigenvalue weighted by atomic mass is 32.2. The third kappa shape index (κ3) is 4.69. The van der Waals surface area contributed by atoms with Crippen molar-refractivity contribution >= 4 is 28.5 Å². The fraction of sp³-hybridized carbons (Fsp3) is 0.467. The van der Waals surface area contributed by atoms with Crippen molar-refractivity contribution in [3.8, 4) is 0 Å². The van der Waals surface area contributed by atoms with Gasteiger partial charge in [-0.15, -0.1) is 0 Å². The lowest BCUT2D eigenvalue weighted by Gasteiger charge is -2.09. The Morgan fingerprint density at radius 3 is 2.78 bits per heavy atom. The topological polar surface area (TPSA) is 90.0 Å². The average Bonchev–Trinajstić information content (AvgIpc) is 3.06. The monoisotopic (exact) mass is 336 g/mol. The SMILES string of the molecule is CC(=O)SC[C@H](C)C(=O)Nc1cnn(Cc2c(C)noc2C)c1. The van der Waals surface area contributed by atoms with E-state index in [9.17, 15) is 9.59 Å². The van der Waals surface area contributed by atoms with Gasteiger partial charge in [0, 0.05) is 30.4 Å². The van der Waals surface area contributed by atoms with Crippen LogP contribution in [-0.4, -0.2) is 31.7 Å². The molecule has 1 atom stereocenters. The fourth-order valence-electron chi connectivity index (χ4n) is 1.99. The van der Waals surface area contributed by atoms with Gasteiger partial charge in [-0.05, 0) is 13.8 Å². The van der Waals surface area contributed by atoms with E-state index in [1.165, 1.54) is 6.92 Å². The molecule has 0 aromatic carbocycles. The summed E-state index contributed by atoms with van der Waals surface area (Å²) in [6.07, 6.45) is 3.36. The number of nitrogens with zero attached hydrogens (tertiary/aromatic N) is 3. The van der Waals surface area contributed by atoms with Crippen molar-refractivity contribution in [3.63, 3.8) is 0 Å². The zero-order valence-electron chi connectivity index (χ0n) is 13.6. The molecule has 0 fully saturated rings. The molecule has 124 valence electrons. The molecule has 2 aromatic rings. The van der Waals surface area contributed by atoms with Crippen molar-refractivity contribution < 1.29 is 14.1 Å². The summed E-state index contributed by atoms with van der Waals surface area (Å²) >= 11 is 1.15. The van der Waals surface area contributed by atoms with Crippen LogP contribution < -0.4 is 5.32 Å². The number of aromatic nitrogens is 3. The van der Waals surface area contributed by atoms with Crippen LogP contribution >= 0.6 is 11.8 Å². The molecule has 2 heterocycles. The third-order valence-electron chi connectivity index (χ3n) is 3.39. The zero-order valence-corrected chi connectivity index (χ0v) is 14.4. The minimum Gasteiger partial charge on any atom is -0.361 e. The van der Waals surface area contributed by atoms with Crippen molar-refractivity contribution in [1.82, 2.24) is 14.9 Å². The molecule has 0 aliphatic heterocycles. The number of hydrogen-bond donors (Lipinski definition) is 1. The Hall–Kier alpha value is -2.09. The number of carbonyl (C=O) groups is 2. The summed E-state index contributed by atoms with van der Waals surface area (Å²) in [5, 5.41) is 11.0. The van der Waals surface area contributed by atoms with Crippen LogP contribution in [0.15, 0.2) is 16.9 Å². The normalized spacial score (nSPS) is 12.2. The molecule has 0 aliphatic rings. The van der Waals surface area contributed by atoms with Crippen molar-refractivity contribution in [2.24, 2.45) is 5.92 Å². The number of amides is 1. The van der Waals surface area contributed by atoms with Gasteiger partial charge in [0.1, 0.15) is 5.76 Å². The summed E-state index contributed by atoms with van der Waals surface area (Å²) in [5.41, 5.74) is 2.44. The average molecular weight is 336 g/mol. The number of aryl methyl sites for hydroxylation is 2. The van der Waals surface area contributed by atoms with E-state index < -0.39 is 0 Å². The van der Waals surface area contributed by atoms with Gasteiger partial charge >= 0.3 is 0 Å². The highest BCUT2D eigenvalue weighted by molar-refractivity contribution is 8.13. The highest BCUT2D eigenvalue weighted by Crippen LogP contribution is 2.16. The molecule has 0 unspecified atom stereocenters. The first-order valence-electron chi connectivity index (χ1n) is 7.25. The third-order valence-corrected chi connectivity index (χ3v) is 4.46. The van der Waals surface area contributed by atoms with Gasteiger partial charge in [0.05, 0.1) is 24.1 Å². The lowest BCUT2D eigenvalue weighted by molar-refractivity contribution is -0.118. The van der Waals surface area contributed by atoms with Crippen LogP contribution in [0.2, 0.25) is 0 Å². The number of thioether (sulfide) groups is 1. The van der Waals surface area contributed by atoms with Gasteiger partial charge in [0.15, 0.2) is 5.12 Å². The molecule has 1 amide bonds. The lowest BCUT2D eigenvalue weighted by atomic mass is 10.2. The van der Waals surface area contributed by atoms with E-state index in [4.69, 9.17) is 4.52 Å². The van der Waals surface area contributed by atoms with Crippen LogP contribution in [0.5, 0.6) is 0 Å². The van der Waals surface area contributed by atoms with Crippen molar-refractivity contribution in [2.45, 2.75) is 34.2 Å². The lowest BCUT2D eigenvalue weighted by Crippen LogP contribution is -2.22. The summed E-state index contributed by atoms with van der Waals surface area (Å²) in [6.45, 7) is 7.56. The number of hydrogen-bond acceptors (Lipinski definition) is 6. The Balaban J connectivity index is 1.94. The molecule has 8 heteroatoms. The summed E-state index contributed by atoms with van der Waals surface area (Å²) in [6, 6.07) is 0. The van der Waals surface area contributed by atoms with Crippen molar-refractivity contribution in [2.75, 3.05) is 11.1 Å². The van der Waals surface area contributed by atoms with E-state index in [1.807, 2.05) is 13.8 Å². The smallest absolute Gasteiger partial charge is 0.228 e. The molecule has 23 heavy (non-hydrogen) atoms. The van der Waals surface area contributed by atoms with Crippen LogP contribution in [0.4, 0.5) is 5.69 Å². The van der Waals surface area contributed by atoms with Crippen molar-refractivity contribution in [1.29, 1.82) is 0 Å². The number of rotatable bonds is 6. The van der Waals surface area contributed by atoms with Crippen LogP contribution in [-0.2, 0) is 16.1 Å². The standard InChI is InChI=1S/C15H20N4O3S/c1-9(8-23-12(4)20)15(21)17-13-5-16-19(6-13)7-14-10(2)18-22-11(14)3/h5-6,9H,7-8H2,1-4H3,(H,17,21)/t9-/m0/s1. The van der Waals surface area contributed by atoms with E-state index in [0.29, 0.717) is 18.0 Å². The molecule has 0 saturated heterocycles. The first-order chi connectivity index (χ1) is 10.9. The van der Waals surface area contributed by atoms with E-state index in [0.717, 1.165) is 28.8 Å². The molecule has 0 bridgehead atoms. The summed E-state index contributed by atoms with van der Waals surface area (Å²) < 4.78 is 6.85. The Morgan fingerprint density at radius 2 is 2.17 bits per heavy atom. The summed E-state index contributed by atoms with van der Waals surface area (Å²) in [4.78, 5) is 23.0. The van der Waals surface area contributed by atoms with Gasteiger partial charge in [0.25, 0.3) is 0 Å². The van der Waals surface area contributed by atoms with Gasteiger partial charge in [-0.25, -0.2) is 0 Å². The maximum atomic E-state index is 12.1. The second-order valence-corrected chi connectivity index (χ2v) is 6.62. The molecule has 2 aromatic heterocycles. The second-order valence-electron chi connectivity index (χ2n) is 5.42. The first-order valence-corrected chi connectivity index (χ1v) is 8.23. The van der Waals surface area contributed by atoms with E-state index >= 15 is 0 Å². The molecular weight excluding hydrogens is 316 g/mol. The van der Waals surface area contributed by atoms with Crippen LogP contribution in [0.3, 0.4) is 0 Å². The van der Waals surface area contributed by atoms with Gasteiger partial charge in [0.2, 0.25) is 5.91 Å². The molecule has 0 spiro atoms. The number of anilines is 1. The molecule has 2 rings (SSSR count).